The Morgan fingerprint density at radius 3 is 1.04 bits per heavy atom. The standard InChI is InChI=1S/C35H22N6O5/c42-25(21-13-5-1-6-14-21)30-36-31(26(43)22-15-7-2-8-16-22)39-34(38-30)29(46)35-40-32(27(44)23-17-9-3-10-18-23)37-33(41-35)28(45)24-19-11-4-12-20-24/h1-20,25,42H. The first-order chi connectivity index (χ1) is 22.4. The van der Waals surface area contributed by atoms with E-state index in [2.05, 4.69) is 29.9 Å². The van der Waals surface area contributed by atoms with Crippen LogP contribution in [0.1, 0.15) is 82.5 Å². The van der Waals surface area contributed by atoms with E-state index >= 15 is 0 Å². The molecule has 0 aliphatic heterocycles. The summed E-state index contributed by atoms with van der Waals surface area (Å²) in [5.41, 5.74) is 1.07. The Hall–Kier alpha value is -6.46. The van der Waals surface area contributed by atoms with Gasteiger partial charge in [0.25, 0.3) is 5.78 Å². The topological polar surface area (TPSA) is 166 Å². The van der Waals surface area contributed by atoms with Gasteiger partial charge in [0.15, 0.2) is 5.82 Å². The van der Waals surface area contributed by atoms with Crippen LogP contribution in [0.2, 0.25) is 0 Å². The van der Waals surface area contributed by atoms with Crippen LogP contribution in [0.3, 0.4) is 0 Å². The molecule has 46 heavy (non-hydrogen) atoms. The van der Waals surface area contributed by atoms with Gasteiger partial charge >= 0.3 is 0 Å². The second kappa shape index (κ2) is 13.0. The molecule has 0 aliphatic rings. The molecule has 222 valence electrons. The van der Waals surface area contributed by atoms with Crippen molar-refractivity contribution in [3.05, 3.63) is 179 Å². The van der Waals surface area contributed by atoms with E-state index in [4.69, 9.17) is 0 Å². The minimum Gasteiger partial charge on any atom is -0.380 e. The summed E-state index contributed by atoms with van der Waals surface area (Å²) in [7, 11) is 0. The van der Waals surface area contributed by atoms with Crippen LogP contribution in [-0.2, 0) is 0 Å². The summed E-state index contributed by atoms with van der Waals surface area (Å²) in [6, 6.07) is 32.7. The zero-order chi connectivity index (χ0) is 32.0. The van der Waals surface area contributed by atoms with Crippen LogP contribution in [-0.4, -0.2) is 58.1 Å². The SMILES string of the molecule is O=C(c1ccccc1)c1nc(C(=O)c2ccccc2)nc(C(=O)c2nc(C(=O)c3ccccc3)nc(C(O)c3ccccc3)n2)n1. The van der Waals surface area contributed by atoms with Crippen LogP contribution in [0.25, 0.3) is 0 Å². The van der Waals surface area contributed by atoms with E-state index in [-0.39, 0.29) is 22.5 Å². The predicted octanol–water partition coefficient (Wildman–Crippen LogP) is 4.06. The van der Waals surface area contributed by atoms with Crippen LogP contribution in [0.5, 0.6) is 0 Å². The molecule has 11 heteroatoms. The minimum atomic E-state index is -1.43. The molecule has 6 aromatic rings. The van der Waals surface area contributed by atoms with Crippen molar-refractivity contribution in [1.82, 2.24) is 29.9 Å². The molecular weight excluding hydrogens is 584 g/mol. The molecule has 0 saturated carbocycles. The molecule has 1 N–H and O–H groups in total. The van der Waals surface area contributed by atoms with Crippen molar-refractivity contribution in [3.8, 4) is 0 Å². The third kappa shape index (κ3) is 6.25. The van der Waals surface area contributed by atoms with Crippen molar-refractivity contribution in [2.75, 3.05) is 0 Å². The summed E-state index contributed by atoms with van der Waals surface area (Å²) in [6.07, 6.45) is -1.43. The van der Waals surface area contributed by atoms with E-state index in [1.165, 1.54) is 24.3 Å². The van der Waals surface area contributed by atoms with Crippen LogP contribution in [0.15, 0.2) is 121 Å². The Morgan fingerprint density at radius 1 is 0.391 bits per heavy atom. The van der Waals surface area contributed by atoms with Gasteiger partial charge in [-0.15, -0.1) is 0 Å². The summed E-state index contributed by atoms with van der Waals surface area (Å²) in [5.74, 6) is -5.77. The van der Waals surface area contributed by atoms with Gasteiger partial charge in [-0.1, -0.05) is 121 Å². The average Bonchev–Trinajstić information content (AvgIpc) is 3.14. The van der Waals surface area contributed by atoms with Crippen molar-refractivity contribution in [2.24, 2.45) is 0 Å². The van der Waals surface area contributed by atoms with Gasteiger partial charge in [-0.25, -0.2) is 29.9 Å². The number of carbonyl (C=O) groups excluding carboxylic acids is 4. The van der Waals surface area contributed by atoms with Crippen LogP contribution in [0, 0.1) is 0 Å². The molecule has 1 atom stereocenters. The number of ketones is 4. The van der Waals surface area contributed by atoms with Gasteiger partial charge in [0.2, 0.25) is 46.5 Å². The summed E-state index contributed by atoms with van der Waals surface area (Å²) in [5, 5.41) is 11.1. The van der Waals surface area contributed by atoms with E-state index in [1.807, 2.05) is 0 Å². The summed E-state index contributed by atoms with van der Waals surface area (Å²) in [6.45, 7) is 0. The predicted molar refractivity (Wildman–Crippen MR) is 163 cm³/mol. The third-order valence-corrected chi connectivity index (χ3v) is 6.77. The monoisotopic (exact) mass is 606 g/mol. The van der Waals surface area contributed by atoms with Crippen molar-refractivity contribution in [1.29, 1.82) is 0 Å². The van der Waals surface area contributed by atoms with Crippen molar-refractivity contribution < 1.29 is 24.3 Å². The molecule has 11 nitrogen and oxygen atoms in total. The number of aliphatic hydroxyl groups excluding tert-OH is 1. The minimum absolute atomic E-state index is 0.217. The highest BCUT2D eigenvalue weighted by Crippen LogP contribution is 2.20. The van der Waals surface area contributed by atoms with Gasteiger partial charge in [-0.3, -0.25) is 19.2 Å². The largest absolute Gasteiger partial charge is 0.380 e. The first-order valence-corrected chi connectivity index (χ1v) is 14.0. The van der Waals surface area contributed by atoms with Crippen LogP contribution < -0.4 is 0 Å². The van der Waals surface area contributed by atoms with Crippen LogP contribution >= 0.6 is 0 Å². The number of hydrogen-bond donors (Lipinski definition) is 1. The fourth-order valence-corrected chi connectivity index (χ4v) is 4.44. The maximum atomic E-state index is 14.0. The highest BCUT2D eigenvalue weighted by atomic mass is 16.3. The molecule has 0 radical (unpaired) electrons. The van der Waals surface area contributed by atoms with Gasteiger partial charge in [0.1, 0.15) is 6.10 Å². The lowest BCUT2D eigenvalue weighted by Crippen LogP contribution is -2.23. The molecule has 2 heterocycles. The van der Waals surface area contributed by atoms with E-state index < -0.39 is 58.4 Å². The Bertz CT molecular complexity index is 2010. The molecule has 4 aromatic carbocycles. The van der Waals surface area contributed by atoms with Crippen molar-refractivity contribution in [2.45, 2.75) is 6.10 Å². The Kier molecular flexibility index (Phi) is 8.39. The smallest absolute Gasteiger partial charge is 0.267 e. The molecule has 0 spiro atoms. The highest BCUT2D eigenvalue weighted by molar-refractivity contribution is 6.12. The number of aromatic nitrogens is 6. The molecule has 1 unspecified atom stereocenters. The number of hydrogen-bond acceptors (Lipinski definition) is 11. The van der Waals surface area contributed by atoms with Crippen LogP contribution in [0.4, 0.5) is 0 Å². The molecule has 0 aliphatic carbocycles. The van der Waals surface area contributed by atoms with E-state index in [1.54, 1.807) is 97.1 Å². The summed E-state index contributed by atoms with van der Waals surface area (Å²) in [4.78, 5) is 78.9. The average molecular weight is 607 g/mol. The molecular formula is C35H22N6O5. The van der Waals surface area contributed by atoms with Gasteiger partial charge in [0, 0.05) is 16.7 Å². The van der Waals surface area contributed by atoms with E-state index in [9.17, 15) is 24.3 Å². The normalized spacial score (nSPS) is 11.4. The van der Waals surface area contributed by atoms with E-state index in [0.717, 1.165) is 0 Å². The maximum Gasteiger partial charge on any atom is 0.267 e. The first-order valence-electron chi connectivity index (χ1n) is 14.0. The number of aliphatic hydroxyl groups is 1. The molecule has 0 amide bonds. The fraction of sp³-hybridized carbons (Fsp3) is 0.0286. The fourth-order valence-electron chi connectivity index (χ4n) is 4.44. The zero-order valence-electron chi connectivity index (χ0n) is 23.9. The van der Waals surface area contributed by atoms with Gasteiger partial charge in [0.05, 0.1) is 0 Å². The van der Waals surface area contributed by atoms with Gasteiger partial charge < -0.3 is 5.11 Å². The highest BCUT2D eigenvalue weighted by Gasteiger charge is 2.28. The Morgan fingerprint density at radius 2 is 0.674 bits per heavy atom. The maximum absolute atomic E-state index is 14.0. The second-order valence-electron chi connectivity index (χ2n) is 9.87. The number of carbonyl (C=O) groups is 4. The lowest BCUT2D eigenvalue weighted by atomic mass is 10.1. The Balaban J connectivity index is 1.49. The summed E-state index contributed by atoms with van der Waals surface area (Å²) < 4.78 is 0. The summed E-state index contributed by atoms with van der Waals surface area (Å²) >= 11 is 0. The quantitative estimate of drug-likeness (QED) is 0.223. The molecule has 2 aromatic heterocycles. The Labute approximate surface area is 261 Å². The molecule has 0 fully saturated rings. The number of nitrogens with zero attached hydrogens (tertiary/aromatic N) is 6. The molecule has 6 rings (SSSR count). The lowest BCUT2D eigenvalue weighted by Gasteiger charge is -2.12. The van der Waals surface area contributed by atoms with Gasteiger partial charge in [-0.2, -0.15) is 0 Å². The van der Waals surface area contributed by atoms with E-state index in [0.29, 0.717) is 5.56 Å². The molecule has 0 bridgehead atoms. The second-order valence-corrected chi connectivity index (χ2v) is 9.87. The van der Waals surface area contributed by atoms with Gasteiger partial charge in [-0.05, 0) is 5.56 Å². The number of benzene rings is 4. The zero-order valence-corrected chi connectivity index (χ0v) is 23.9. The lowest BCUT2D eigenvalue weighted by molar-refractivity contribution is 0.101. The van der Waals surface area contributed by atoms with Crippen molar-refractivity contribution in [3.63, 3.8) is 0 Å². The first kappa shape index (κ1) is 29.6. The number of rotatable bonds is 10. The third-order valence-electron chi connectivity index (χ3n) is 6.77. The molecule has 0 saturated heterocycles. The van der Waals surface area contributed by atoms with Crippen molar-refractivity contribution >= 4 is 23.1 Å².